The van der Waals surface area contributed by atoms with Gasteiger partial charge in [0.15, 0.2) is 0 Å². The number of anilines is 1. The molecule has 0 aliphatic heterocycles. The number of aryl methyl sites for hydroxylation is 2. The van der Waals surface area contributed by atoms with Crippen molar-refractivity contribution in [1.29, 1.82) is 0 Å². The van der Waals surface area contributed by atoms with Gasteiger partial charge in [0, 0.05) is 0 Å². The summed E-state index contributed by atoms with van der Waals surface area (Å²) >= 11 is 0. The lowest BCUT2D eigenvalue weighted by molar-refractivity contribution is -0.122. The number of hydrogen-bond donors (Lipinski definition) is 1. The maximum absolute atomic E-state index is 13.0. The van der Waals surface area contributed by atoms with Crippen molar-refractivity contribution >= 4 is 21.6 Å². The van der Waals surface area contributed by atoms with Crippen LogP contribution in [0.2, 0.25) is 0 Å². The molecule has 0 unspecified atom stereocenters. The van der Waals surface area contributed by atoms with Crippen molar-refractivity contribution in [1.82, 2.24) is 5.32 Å². The Kier molecular flexibility index (Phi) is 6.65. The van der Waals surface area contributed by atoms with Crippen molar-refractivity contribution in [3.05, 3.63) is 65.2 Å². The van der Waals surface area contributed by atoms with E-state index in [2.05, 4.69) is 5.32 Å². The fourth-order valence-electron chi connectivity index (χ4n) is 3.13. The maximum atomic E-state index is 13.0. The van der Waals surface area contributed by atoms with Gasteiger partial charge in [0.05, 0.1) is 18.0 Å². The summed E-state index contributed by atoms with van der Waals surface area (Å²) < 4.78 is 26.5. The van der Waals surface area contributed by atoms with Crippen LogP contribution in [-0.4, -0.2) is 26.6 Å². The van der Waals surface area contributed by atoms with Crippen molar-refractivity contribution in [3.63, 3.8) is 0 Å². The molecule has 0 saturated carbocycles. The van der Waals surface area contributed by atoms with Gasteiger partial charge in [-0.1, -0.05) is 49.4 Å². The van der Waals surface area contributed by atoms with Gasteiger partial charge in [-0.25, -0.2) is 8.42 Å². The molecule has 1 N–H and O–H groups in total. The Hall–Kier alpha value is -2.34. The Balaban J connectivity index is 2.38. The molecule has 0 heterocycles. The molecule has 0 saturated heterocycles. The average molecular weight is 389 g/mol. The van der Waals surface area contributed by atoms with Crippen LogP contribution in [0.15, 0.2) is 48.5 Å². The van der Waals surface area contributed by atoms with Gasteiger partial charge in [-0.05, 0) is 49.9 Å². The zero-order valence-corrected chi connectivity index (χ0v) is 17.4. The molecular weight excluding hydrogens is 360 g/mol. The fraction of sp³-hybridized carbons (Fsp3) is 0.381. The largest absolute Gasteiger partial charge is 0.348 e. The van der Waals surface area contributed by atoms with Crippen LogP contribution in [0.4, 0.5) is 5.69 Å². The second-order valence-corrected chi connectivity index (χ2v) is 8.77. The van der Waals surface area contributed by atoms with Crippen molar-refractivity contribution < 1.29 is 13.2 Å². The first-order valence-electron chi connectivity index (χ1n) is 9.07. The molecule has 2 aromatic carbocycles. The van der Waals surface area contributed by atoms with Crippen molar-refractivity contribution in [2.75, 3.05) is 10.6 Å². The Labute approximate surface area is 162 Å². The highest BCUT2D eigenvalue weighted by molar-refractivity contribution is 7.92. The third-order valence-electron chi connectivity index (χ3n) is 4.59. The monoisotopic (exact) mass is 388 g/mol. The molecule has 0 aromatic heterocycles. The Morgan fingerprint density at radius 3 is 2.30 bits per heavy atom. The summed E-state index contributed by atoms with van der Waals surface area (Å²) in [4.78, 5) is 13.0. The summed E-state index contributed by atoms with van der Waals surface area (Å²) in [6.07, 6.45) is 1.51. The number of nitrogens with zero attached hydrogens (tertiary/aromatic N) is 1. The minimum absolute atomic E-state index is 0.215. The minimum atomic E-state index is -3.64. The number of rotatable bonds is 7. The Morgan fingerprint density at radius 1 is 1.11 bits per heavy atom. The molecule has 2 rings (SSSR count). The van der Waals surface area contributed by atoms with Gasteiger partial charge in [-0.15, -0.1) is 0 Å². The van der Waals surface area contributed by atoms with E-state index in [4.69, 9.17) is 0 Å². The van der Waals surface area contributed by atoms with Gasteiger partial charge in [-0.3, -0.25) is 9.10 Å². The summed E-state index contributed by atoms with van der Waals surface area (Å²) in [6.45, 7) is 7.47. The van der Waals surface area contributed by atoms with Gasteiger partial charge in [0.25, 0.3) is 0 Å². The normalized spacial score (nSPS) is 13.7. The van der Waals surface area contributed by atoms with Gasteiger partial charge in [0.1, 0.15) is 6.04 Å². The molecule has 27 heavy (non-hydrogen) atoms. The molecule has 0 aliphatic rings. The summed E-state index contributed by atoms with van der Waals surface area (Å²) in [5.41, 5.74) is 3.27. The van der Waals surface area contributed by atoms with Crippen LogP contribution in [-0.2, 0) is 14.8 Å². The lowest BCUT2D eigenvalue weighted by Gasteiger charge is -2.32. The molecule has 0 spiro atoms. The Morgan fingerprint density at radius 2 is 1.74 bits per heavy atom. The van der Waals surface area contributed by atoms with Crippen LogP contribution >= 0.6 is 0 Å². The van der Waals surface area contributed by atoms with Gasteiger partial charge < -0.3 is 5.32 Å². The molecule has 2 atom stereocenters. The predicted octanol–water partition coefficient (Wildman–Crippen LogP) is 3.73. The molecule has 6 heteroatoms. The molecule has 0 aliphatic carbocycles. The van der Waals surface area contributed by atoms with Crippen molar-refractivity contribution in [3.8, 4) is 0 Å². The quantitative estimate of drug-likeness (QED) is 0.786. The van der Waals surface area contributed by atoms with E-state index in [0.29, 0.717) is 12.1 Å². The molecule has 0 bridgehead atoms. The molecule has 5 nitrogen and oxygen atoms in total. The first kappa shape index (κ1) is 21.0. The first-order valence-corrected chi connectivity index (χ1v) is 10.9. The van der Waals surface area contributed by atoms with Crippen LogP contribution < -0.4 is 9.62 Å². The minimum Gasteiger partial charge on any atom is -0.348 e. The smallest absolute Gasteiger partial charge is 0.244 e. The predicted molar refractivity (Wildman–Crippen MR) is 110 cm³/mol. The van der Waals surface area contributed by atoms with E-state index >= 15 is 0 Å². The number of carbonyl (C=O) groups is 1. The Bertz CT molecular complexity index is 895. The second-order valence-electron chi connectivity index (χ2n) is 6.91. The van der Waals surface area contributed by atoms with Crippen LogP contribution in [0.5, 0.6) is 0 Å². The van der Waals surface area contributed by atoms with Crippen molar-refractivity contribution in [2.24, 2.45) is 0 Å². The summed E-state index contributed by atoms with van der Waals surface area (Å²) in [7, 11) is -3.64. The van der Waals surface area contributed by atoms with E-state index in [9.17, 15) is 13.2 Å². The number of amides is 1. The summed E-state index contributed by atoms with van der Waals surface area (Å²) in [5.74, 6) is -0.305. The zero-order valence-electron chi connectivity index (χ0n) is 16.6. The first-order chi connectivity index (χ1) is 12.6. The van der Waals surface area contributed by atoms with Gasteiger partial charge in [0.2, 0.25) is 15.9 Å². The SMILES string of the molecule is CC[C@H](C(=O)N[C@@H](C)c1ccccc1)N(c1cc(C)ccc1C)S(C)(=O)=O. The van der Waals surface area contributed by atoms with Crippen molar-refractivity contribution in [2.45, 2.75) is 46.2 Å². The third kappa shape index (κ3) is 5.10. The lowest BCUT2D eigenvalue weighted by atomic mass is 10.1. The highest BCUT2D eigenvalue weighted by Crippen LogP contribution is 2.27. The molecule has 0 radical (unpaired) electrons. The van der Waals surface area contributed by atoms with E-state index in [0.717, 1.165) is 22.9 Å². The average Bonchev–Trinajstić information content (AvgIpc) is 2.61. The highest BCUT2D eigenvalue weighted by Gasteiger charge is 2.33. The number of hydrogen-bond acceptors (Lipinski definition) is 3. The number of nitrogens with one attached hydrogen (secondary N) is 1. The molecule has 0 fully saturated rings. The number of sulfonamides is 1. The van der Waals surface area contributed by atoms with E-state index < -0.39 is 16.1 Å². The number of carbonyl (C=O) groups excluding carboxylic acids is 1. The third-order valence-corrected chi connectivity index (χ3v) is 5.76. The standard InChI is InChI=1S/C21H28N2O3S/c1-6-19(21(24)22-17(4)18-10-8-7-9-11-18)23(27(5,25)26)20-14-15(2)12-13-16(20)3/h7-14,17,19H,6H2,1-5H3,(H,22,24)/t17-,19+/m0/s1. The van der Waals surface area contributed by atoms with Crippen LogP contribution in [0.25, 0.3) is 0 Å². The van der Waals surface area contributed by atoms with Crippen LogP contribution in [0.1, 0.15) is 43.0 Å². The maximum Gasteiger partial charge on any atom is 0.244 e. The van der Waals surface area contributed by atoms with Crippen LogP contribution in [0.3, 0.4) is 0 Å². The topological polar surface area (TPSA) is 66.5 Å². The highest BCUT2D eigenvalue weighted by atomic mass is 32.2. The number of benzene rings is 2. The summed E-state index contributed by atoms with van der Waals surface area (Å²) in [5, 5.41) is 2.96. The van der Waals surface area contributed by atoms with Gasteiger partial charge >= 0.3 is 0 Å². The summed E-state index contributed by atoms with van der Waals surface area (Å²) in [6, 6.07) is 14.2. The van der Waals surface area contributed by atoms with E-state index in [1.54, 1.807) is 0 Å². The zero-order chi connectivity index (χ0) is 20.2. The molecule has 2 aromatic rings. The fourth-order valence-corrected chi connectivity index (χ4v) is 4.39. The van der Waals surface area contributed by atoms with E-state index in [-0.39, 0.29) is 11.9 Å². The van der Waals surface area contributed by atoms with Crippen LogP contribution in [0, 0.1) is 13.8 Å². The molecular formula is C21H28N2O3S. The van der Waals surface area contributed by atoms with E-state index in [1.807, 2.05) is 76.2 Å². The lowest BCUT2D eigenvalue weighted by Crippen LogP contribution is -2.50. The molecule has 1 amide bonds. The second kappa shape index (κ2) is 8.57. The van der Waals surface area contributed by atoms with E-state index in [1.165, 1.54) is 4.31 Å². The molecule has 146 valence electrons. The van der Waals surface area contributed by atoms with Gasteiger partial charge in [-0.2, -0.15) is 0 Å².